The van der Waals surface area contributed by atoms with E-state index in [2.05, 4.69) is 4.98 Å². The van der Waals surface area contributed by atoms with Crippen LogP contribution in [0.25, 0.3) is 0 Å². The van der Waals surface area contributed by atoms with E-state index in [9.17, 15) is 22.4 Å². The molecule has 0 bridgehead atoms. The van der Waals surface area contributed by atoms with E-state index in [0.29, 0.717) is 4.88 Å². The molecule has 0 N–H and O–H groups in total. The fraction of sp³-hybridized carbons (Fsp3) is 0.333. The summed E-state index contributed by atoms with van der Waals surface area (Å²) in [6.45, 7) is 2.40. The van der Waals surface area contributed by atoms with Gasteiger partial charge in [-0.2, -0.15) is 22.5 Å². The van der Waals surface area contributed by atoms with Crippen LogP contribution in [0, 0.1) is 30.5 Å². The van der Waals surface area contributed by atoms with Crippen LogP contribution < -0.4 is 4.90 Å². The summed E-state index contributed by atoms with van der Waals surface area (Å²) >= 11 is 1.36. The molecule has 0 atom stereocenters. The number of carbonyl (C=O) groups is 1. The minimum atomic E-state index is -1.68. The minimum Gasteiger partial charge on any atom is -0.363 e. The lowest BCUT2D eigenvalue weighted by Crippen LogP contribution is -2.49. The van der Waals surface area contributed by atoms with Crippen LogP contribution in [0.2, 0.25) is 0 Å². The second kappa shape index (κ2) is 6.39. The third-order valence-corrected chi connectivity index (χ3v) is 4.80. The normalized spacial score (nSPS) is 15.0. The van der Waals surface area contributed by atoms with Crippen LogP contribution in [0.1, 0.15) is 14.5 Å². The van der Waals surface area contributed by atoms with Gasteiger partial charge < -0.3 is 9.80 Å². The first-order chi connectivity index (χ1) is 11.4. The van der Waals surface area contributed by atoms with Crippen LogP contribution in [0.15, 0.2) is 12.1 Å². The predicted molar refractivity (Wildman–Crippen MR) is 81.2 cm³/mol. The molecule has 128 valence electrons. The number of halogens is 4. The molecule has 3 heterocycles. The van der Waals surface area contributed by atoms with Gasteiger partial charge in [-0.05, 0) is 19.1 Å². The van der Waals surface area contributed by atoms with Gasteiger partial charge in [-0.25, -0.2) is 0 Å². The number of hydrogen-bond donors (Lipinski definition) is 0. The topological polar surface area (TPSA) is 36.4 Å². The summed E-state index contributed by atoms with van der Waals surface area (Å²) in [6, 6.07) is 3.56. The number of pyridine rings is 1. The Kier molecular flexibility index (Phi) is 4.44. The Hall–Kier alpha value is -2.16. The highest BCUT2D eigenvalue weighted by molar-refractivity contribution is 7.13. The fourth-order valence-corrected chi connectivity index (χ4v) is 3.43. The Morgan fingerprint density at radius 1 is 1.04 bits per heavy atom. The molecule has 0 aromatic carbocycles. The smallest absolute Gasteiger partial charge is 0.264 e. The molecule has 1 aliphatic heterocycles. The zero-order valence-corrected chi connectivity index (χ0v) is 13.5. The molecule has 24 heavy (non-hydrogen) atoms. The van der Waals surface area contributed by atoms with Gasteiger partial charge >= 0.3 is 0 Å². The van der Waals surface area contributed by atoms with Crippen LogP contribution in [-0.2, 0) is 0 Å². The first-order valence-electron chi connectivity index (χ1n) is 7.19. The molecule has 0 saturated carbocycles. The third kappa shape index (κ3) is 2.95. The number of aryl methyl sites for hydroxylation is 1. The number of hydrogen-bond acceptors (Lipinski definition) is 4. The van der Waals surface area contributed by atoms with Crippen molar-refractivity contribution in [3.63, 3.8) is 0 Å². The number of aromatic nitrogens is 1. The summed E-state index contributed by atoms with van der Waals surface area (Å²) in [7, 11) is 0. The molecule has 0 spiro atoms. The van der Waals surface area contributed by atoms with Crippen LogP contribution in [0.5, 0.6) is 0 Å². The zero-order valence-electron chi connectivity index (χ0n) is 12.7. The van der Waals surface area contributed by atoms with E-state index < -0.39 is 29.2 Å². The van der Waals surface area contributed by atoms with E-state index >= 15 is 0 Å². The summed E-state index contributed by atoms with van der Waals surface area (Å²) in [4.78, 5) is 19.2. The molecule has 2 aromatic rings. The lowest BCUT2D eigenvalue weighted by molar-refractivity contribution is 0.0751. The number of thiophene rings is 1. The van der Waals surface area contributed by atoms with E-state index in [0.717, 1.165) is 4.88 Å². The zero-order chi connectivity index (χ0) is 17.4. The molecule has 9 heteroatoms. The van der Waals surface area contributed by atoms with Gasteiger partial charge in [0.15, 0.2) is 0 Å². The number of nitrogens with zero attached hydrogens (tertiary/aromatic N) is 3. The first-order valence-corrected chi connectivity index (χ1v) is 8.00. The first kappa shape index (κ1) is 16.7. The monoisotopic (exact) mass is 359 g/mol. The molecule has 0 aliphatic carbocycles. The summed E-state index contributed by atoms with van der Waals surface area (Å²) in [5.74, 6) is -6.58. The number of piperazine rings is 1. The maximum Gasteiger partial charge on any atom is 0.264 e. The molecule has 0 radical (unpaired) electrons. The van der Waals surface area contributed by atoms with Crippen molar-refractivity contribution < 1.29 is 22.4 Å². The molecule has 1 amide bonds. The Labute approximate surface area is 139 Å². The highest BCUT2D eigenvalue weighted by Crippen LogP contribution is 2.27. The summed E-state index contributed by atoms with van der Waals surface area (Å²) in [5, 5.41) is 0. The Morgan fingerprint density at radius 2 is 1.62 bits per heavy atom. The molecule has 1 fully saturated rings. The largest absolute Gasteiger partial charge is 0.363 e. The van der Waals surface area contributed by atoms with Crippen LogP contribution in [0.4, 0.5) is 23.2 Å². The quantitative estimate of drug-likeness (QED) is 0.611. The summed E-state index contributed by atoms with van der Waals surface area (Å²) in [5.41, 5.74) is -0.779. The number of carbonyl (C=O) groups excluding carboxylic acids is 1. The van der Waals surface area contributed by atoms with Gasteiger partial charge in [-0.3, -0.25) is 4.79 Å². The Morgan fingerprint density at radius 3 is 2.12 bits per heavy atom. The van der Waals surface area contributed by atoms with Crippen molar-refractivity contribution in [1.29, 1.82) is 0 Å². The molecule has 0 unspecified atom stereocenters. The third-order valence-electron chi connectivity index (χ3n) is 3.81. The molecule has 3 rings (SSSR count). The molecule has 2 aromatic heterocycles. The average molecular weight is 359 g/mol. The van der Waals surface area contributed by atoms with Crippen molar-refractivity contribution >= 4 is 22.9 Å². The maximum atomic E-state index is 13.8. The predicted octanol–water partition coefficient (Wildman–Crippen LogP) is 2.97. The average Bonchev–Trinajstić information content (AvgIpc) is 3.00. The second-order valence-corrected chi connectivity index (χ2v) is 6.65. The van der Waals surface area contributed by atoms with Crippen molar-refractivity contribution in [3.05, 3.63) is 45.4 Å². The van der Waals surface area contributed by atoms with Gasteiger partial charge in [0, 0.05) is 31.1 Å². The molecule has 4 nitrogen and oxygen atoms in total. The summed E-state index contributed by atoms with van der Waals surface area (Å²) in [6.07, 6.45) is 0. The Bertz CT molecular complexity index is 761. The number of amides is 1. The van der Waals surface area contributed by atoms with Gasteiger partial charge in [-0.1, -0.05) is 0 Å². The Balaban J connectivity index is 1.75. The van der Waals surface area contributed by atoms with E-state index in [1.807, 2.05) is 13.0 Å². The van der Waals surface area contributed by atoms with Crippen molar-refractivity contribution in [2.45, 2.75) is 6.92 Å². The standard InChI is InChI=1S/C15H13F4N3OS/c1-8-2-3-9(24-8)15(23)22-6-4-21(5-7-22)12-10(16)13(18)20-14(19)11(12)17/h2-3H,4-7H2,1H3. The van der Waals surface area contributed by atoms with E-state index in [1.165, 1.54) is 16.2 Å². The molecule has 1 aliphatic rings. The van der Waals surface area contributed by atoms with Crippen LogP contribution in [-0.4, -0.2) is 42.0 Å². The minimum absolute atomic E-state index is 0.0623. The fourth-order valence-electron chi connectivity index (χ4n) is 2.59. The van der Waals surface area contributed by atoms with Gasteiger partial charge in [0.2, 0.25) is 11.6 Å². The molecule has 1 saturated heterocycles. The SMILES string of the molecule is Cc1ccc(C(=O)N2CCN(c3c(F)c(F)nc(F)c3F)CC2)s1. The van der Waals surface area contributed by atoms with Gasteiger partial charge in [0.05, 0.1) is 4.88 Å². The highest BCUT2D eigenvalue weighted by Gasteiger charge is 2.29. The molecular formula is C15H13F4N3OS. The maximum absolute atomic E-state index is 13.8. The van der Waals surface area contributed by atoms with Crippen molar-refractivity contribution in [3.8, 4) is 0 Å². The van der Waals surface area contributed by atoms with Crippen molar-refractivity contribution in [1.82, 2.24) is 9.88 Å². The van der Waals surface area contributed by atoms with E-state index in [-0.39, 0.29) is 32.1 Å². The number of rotatable bonds is 2. The highest BCUT2D eigenvalue weighted by atomic mass is 32.1. The van der Waals surface area contributed by atoms with Crippen molar-refractivity contribution in [2.24, 2.45) is 0 Å². The lowest BCUT2D eigenvalue weighted by Gasteiger charge is -2.36. The summed E-state index contributed by atoms with van der Waals surface area (Å²) < 4.78 is 54.0. The lowest BCUT2D eigenvalue weighted by atomic mass is 10.2. The molecular weight excluding hydrogens is 346 g/mol. The second-order valence-electron chi connectivity index (χ2n) is 5.36. The van der Waals surface area contributed by atoms with Gasteiger partial charge in [-0.15, -0.1) is 11.3 Å². The van der Waals surface area contributed by atoms with Crippen LogP contribution >= 0.6 is 11.3 Å². The van der Waals surface area contributed by atoms with Crippen molar-refractivity contribution in [2.75, 3.05) is 31.1 Å². The van der Waals surface area contributed by atoms with Crippen LogP contribution in [0.3, 0.4) is 0 Å². The number of anilines is 1. The van der Waals surface area contributed by atoms with Gasteiger partial charge in [0.1, 0.15) is 5.69 Å². The van der Waals surface area contributed by atoms with Gasteiger partial charge in [0.25, 0.3) is 17.8 Å². The van der Waals surface area contributed by atoms with E-state index in [1.54, 1.807) is 11.0 Å². The van der Waals surface area contributed by atoms with E-state index in [4.69, 9.17) is 0 Å².